The standard InChI is InChI=1S/C27H32N8O3S/c1-16-21(9-19(11-29-16)32-23(36)15-33-13-17-3-5-20(33)6-4-17)24-25(18-10-30-34(14-18)7-8-38-2)39-27-22(26(28)37)12-31-35(24)27/h9-12,14,17,20H,3-8,13,15H2,1-2H3,(H2,28,37)(H,32,36). The van der Waals surface area contributed by atoms with Gasteiger partial charge in [-0.05, 0) is 44.6 Å². The fourth-order valence-corrected chi connectivity index (χ4v) is 7.02. The van der Waals surface area contributed by atoms with Gasteiger partial charge >= 0.3 is 0 Å². The van der Waals surface area contributed by atoms with E-state index in [1.807, 2.05) is 23.9 Å². The molecular formula is C27H32N8O3S. The second kappa shape index (κ2) is 10.5. The zero-order valence-corrected chi connectivity index (χ0v) is 22.9. The van der Waals surface area contributed by atoms with Crippen LogP contribution in [0.1, 0.15) is 41.7 Å². The molecule has 0 unspecified atom stereocenters. The van der Waals surface area contributed by atoms with Gasteiger partial charge in [0.25, 0.3) is 5.91 Å². The molecule has 39 heavy (non-hydrogen) atoms. The number of rotatable bonds is 9. The van der Waals surface area contributed by atoms with Crippen LogP contribution in [0.3, 0.4) is 0 Å². The van der Waals surface area contributed by atoms with Gasteiger partial charge in [0.05, 0.1) is 60.1 Å². The molecule has 2 bridgehead atoms. The molecule has 3 N–H and O–H groups in total. The number of aromatic nitrogens is 5. The Morgan fingerprint density at radius 3 is 2.72 bits per heavy atom. The lowest BCUT2D eigenvalue weighted by Crippen LogP contribution is -2.50. The molecule has 0 radical (unpaired) electrons. The Kier molecular flexibility index (Phi) is 6.92. The highest BCUT2D eigenvalue weighted by Crippen LogP contribution is 2.42. The molecule has 3 aliphatic rings. The highest BCUT2D eigenvalue weighted by molar-refractivity contribution is 7.21. The summed E-state index contributed by atoms with van der Waals surface area (Å²) in [5, 5.41) is 12.0. The van der Waals surface area contributed by atoms with Gasteiger partial charge in [-0.15, -0.1) is 11.3 Å². The highest BCUT2D eigenvalue weighted by atomic mass is 32.1. The van der Waals surface area contributed by atoms with Crippen LogP contribution >= 0.6 is 11.3 Å². The first kappa shape index (κ1) is 25.7. The molecule has 4 aromatic rings. The number of thiazole rings is 1. The van der Waals surface area contributed by atoms with Gasteiger partial charge in [-0.25, -0.2) is 4.52 Å². The van der Waals surface area contributed by atoms with E-state index < -0.39 is 5.91 Å². The van der Waals surface area contributed by atoms with Gasteiger partial charge < -0.3 is 15.8 Å². The lowest BCUT2D eigenvalue weighted by atomic mass is 9.80. The van der Waals surface area contributed by atoms with Crippen LogP contribution < -0.4 is 11.1 Å². The molecular weight excluding hydrogens is 516 g/mol. The van der Waals surface area contributed by atoms with E-state index in [0.717, 1.165) is 33.9 Å². The van der Waals surface area contributed by atoms with Crippen molar-refractivity contribution in [3.05, 3.63) is 42.1 Å². The largest absolute Gasteiger partial charge is 0.383 e. The average Bonchev–Trinajstić information content (AvgIpc) is 3.64. The molecule has 204 valence electrons. The molecule has 3 fully saturated rings. The molecule has 0 spiro atoms. The maximum Gasteiger partial charge on any atom is 0.253 e. The number of aryl methyl sites for hydroxylation is 1. The maximum atomic E-state index is 13.0. The number of ether oxygens (including phenoxy) is 1. The maximum absolute atomic E-state index is 13.0. The van der Waals surface area contributed by atoms with Crippen LogP contribution in [0.4, 0.5) is 5.69 Å². The lowest BCUT2D eigenvalue weighted by molar-refractivity contribution is -0.119. The third-order valence-corrected chi connectivity index (χ3v) is 9.05. The molecule has 1 aliphatic carbocycles. The Balaban J connectivity index is 1.34. The fourth-order valence-electron chi connectivity index (χ4n) is 5.82. The summed E-state index contributed by atoms with van der Waals surface area (Å²) >= 11 is 1.42. The van der Waals surface area contributed by atoms with E-state index in [2.05, 4.69) is 25.4 Å². The predicted molar refractivity (Wildman–Crippen MR) is 149 cm³/mol. The molecule has 2 aliphatic heterocycles. The summed E-state index contributed by atoms with van der Waals surface area (Å²) in [6.45, 7) is 4.46. The number of nitrogens with two attached hydrogens (primary N) is 1. The van der Waals surface area contributed by atoms with E-state index in [-0.39, 0.29) is 5.91 Å². The number of carbonyl (C=O) groups is 2. The van der Waals surface area contributed by atoms with Crippen molar-refractivity contribution in [1.29, 1.82) is 0 Å². The molecule has 1 saturated carbocycles. The first-order valence-corrected chi connectivity index (χ1v) is 14.1. The Labute approximate surface area is 230 Å². The molecule has 7 rings (SSSR count). The fraction of sp³-hybridized carbons (Fsp3) is 0.444. The molecule has 2 saturated heterocycles. The summed E-state index contributed by atoms with van der Waals surface area (Å²) in [4.78, 5) is 33.6. The topological polar surface area (TPSA) is 133 Å². The number of pyridine rings is 1. The zero-order valence-electron chi connectivity index (χ0n) is 22.1. The Hall–Kier alpha value is -3.61. The number of hydrogen-bond acceptors (Lipinski definition) is 8. The van der Waals surface area contributed by atoms with Crippen molar-refractivity contribution < 1.29 is 14.3 Å². The van der Waals surface area contributed by atoms with Crippen molar-refractivity contribution in [2.45, 2.75) is 45.2 Å². The van der Waals surface area contributed by atoms with E-state index in [0.29, 0.717) is 47.7 Å². The smallest absolute Gasteiger partial charge is 0.253 e. The van der Waals surface area contributed by atoms with Gasteiger partial charge in [0.2, 0.25) is 5.91 Å². The first-order chi connectivity index (χ1) is 18.9. The monoisotopic (exact) mass is 548 g/mol. The zero-order chi connectivity index (χ0) is 27.1. The molecule has 2 amide bonds. The number of primary amides is 1. The van der Waals surface area contributed by atoms with Gasteiger partial charge in [0, 0.05) is 42.7 Å². The van der Waals surface area contributed by atoms with E-state index in [9.17, 15) is 9.59 Å². The van der Waals surface area contributed by atoms with E-state index in [1.54, 1.807) is 24.0 Å². The number of fused-ring (bicyclic) bond motifs is 4. The van der Waals surface area contributed by atoms with Gasteiger partial charge in [-0.3, -0.25) is 24.2 Å². The van der Waals surface area contributed by atoms with Crippen LogP contribution in [-0.2, 0) is 16.1 Å². The summed E-state index contributed by atoms with van der Waals surface area (Å²) in [7, 11) is 1.65. The summed E-state index contributed by atoms with van der Waals surface area (Å²) in [5.41, 5.74) is 9.83. The number of nitrogens with zero attached hydrogens (tertiary/aromatic N) is 6. The quantitative estimate of drug-likeness (QED) is 0.328. The van der Waals surface area contributed by atoms with Crippen molar-refractivity contribution in [2.75, 3.05) is 32.1 Å². The first-order valence-electron chi connectivity index (χ1n) is 13.2. The molecule has 6 heterocycles. The van der Waals surface area contributed by atoms with Gasteiger partial charge in [-0.1, -0.05) is 0 Å². The van der Waals surface area contributed by atoms with Crippen molar-refractivity contribution in [2.24, 2.45) is 11.7 Å². The summed E-state index contributed by atoms with van der Waals surface area (Å²) in [5.74, 6) is 0.139. The number of piperidine rings is 2. The second-order valence-corrected chi connectivity index (χ2v) is 11.4. The minimum Gasteiger partial charge on any atom is -0.383 e. The Morgan fingerprint density at radius 2 is 2.00 bits per heavy atom. The third kappa shape index (κ3) is 4.95. The third-order valence-electron chi connectivity index (χ3n) is 7.83. The van der Waals surface area contributed by atoms with Crippen LogP contribution in [-0.4, -0.2) is 73.9 Å². The molecule has 12 heteroatoms. The van der Waals surface area contributed by atoms with Crippen LogP contribution in [0.2, 0.25) is 0 Å². The number of methoxy groups -OCH3 is 1. The van der Waals surface area contributed by atoms with E-state index in [4.69, 9.17) is 10.5 Å². The van der Waals surface area contributed by atoms with E-state index >= 15 is 0 Å². The second-order valence-electron chi connectivity index (χ2n) is 10.4. The molecule has 11 nitrogen and oxygen atoms in total. The van der Waals surface area contributed by atoms with Crippen molar-refractivity contribution in [3.63, 3.8) is 0 Å². The molecule has 0 atom stereocenters. The van der Waals surface area contributed by atoms with Gasteiger partial charge in [0.1, 0.15) is 4.83 Å². The Morgan fingerprint density at radius 1 is 1.18 bits per heavy atom. The normalized spacial score (nSPS) is 19.1. The minimum absolute atomic E-state index is 0.0376. The van der Waals surface area contributed by atoms with Crippen LogP contribution in [0, 0.1) is 12.8 Å². The van der Waals surface area contributed by atoms with Crippen molar-refractivity contribution in [3.8, 4) is 21.7 Å². The number of anilines is 1. The number of carbonyl (C=O) groups excluding carboxylic acids is 2. The Bertz CT molecular complexity index is 1530. The van der Waals surface area contributed by atoms with Crippen molar-refractivity contribution in [1.82, 2.24) is 29.3 Å². The minimum atomic E-state index is -0.539. The van der Waals surface area contributed by atoms with Crippen LogP contribution in [0.25, 0.3) is 26.5 Å². The van der Waals surface area contributed by atoms with Gasteiger partial charge in [0.15, 0.2) is 0 Å². The van der Waals surface area contributed by atoms with Crippen molar-refractivity contribution >= 4 is 33.7 Å². The SMILES string of the molecule is COCCn1cc(-c2sc3c(C(N)=O)cnn3c2-c2cc(NC(=O)CN3CC4CCC3CC4)cnc2C)cn1. The average molecular weight is 549 g/mol. The van der Waals surface area contributed by atoms with Crippen LogP contribution in [0.5, 0.6) is 0 Å². The number of nitrogens with one attached hydrogen (secondary N) is 1. The molecule has 4 aromatic heterocycles. The summed E-state index contributed by atoms with van der Waals surface area (Å²) < 4.78 is 8.73. The number of amides is 2. The van der Waals surface area contributed by atoms with E-state index in [1.165, 1.54) is 43.2 Å². The summed E-state index contributed by atoms with van der Waals surface area (Å²) in [6, 6.07) is 2.44. The summed E-state index contributed by atoms with van der Waals surface area (Å²) in [6.07, 6.45) is 11.8. The lowest BCUT2D eigenvalue weighted by Gasteiger charge is -2.44. The van der Waals surface area contributed by atoms with Crippen LogP contribution in [0.15, 0.2) is 30.9 Å². The van der Waals surface area contributed by atoms with Gasteiger partial charge in [-0.2, -0.15) is 10.2 Å². The predicted octanol–water partition coefficient (Wildman–Crippen LogP) is 3.19. The highest BCUT2D eigenvalue weighted by Gasteiger charge is 2.34. The number of hydrogen-bond donors (Lipinski definition) is 2. The molecule has 0 aromatic carbocycles.